The zero-order valence-corrected chi connectivity index (χ0v) is 12.5. The SMILES string of the molecule is COc1ccc(C2(N)CCC2)cc1CN1CCCCC1. The van der Waals surface area contributed by atoms with Gasteiger partial charge in [0.1, 0.15) is 5.75 Å². The summed E-state index contributed by atoms with van der Waals surface area (Å²) in [5.74, 6) is 1.00. The van der Waals surface area contributed by atoms with Gasteiger partial charge in [-0.05, 0) is 62.9 Å². The van der Waals surface area contributed by atoms with Crippen molar-refractivity contribution in [3.8, 4) is 5.75 Å². The Bertz CT molecular complexity index is 462. The lowest BCUT2D eigenvalue weighted by Gasteiger charge is -2.39. The minimum Gasteiger partial charge on any atom is -0.496 e. The second kappa shape index (κ2) is 5.74. The molecule has 0 amide bonds. The standard InChI is InChI=1S/C17H26N2O/c1-20-16-7-6-15(17(18)8-5-9-17)12-14(16)13-19-10-3-2-4-11-19/h6-7,12H,2-5,8-11,13,18H2,1H3. The number of piperidine rings is 1. The van der Waals surface area contributed by atoms with Gasteiger partial charge >= 0.3 is 0 Å². The summed E-state index contributed by atoms with van der Waals surface area (Å²) in [7, 11) is 1.76. The number of nitrogens with two attached hydrogens (primary N) is 1. The van der Waals surface area contributed by atoms with Crippen molar-refractivity contribution in [1.29, 1.82) is 0 Å². The molecular weight excluding hydrogens is 248 g/mol. The lowest BCUT2D eigenvalue weighted by Crippen LogP contribution is -2.43. The zero-order chi connectivity index (χ0) is 14.0. The van der Waals surface area contributed by atoms with Crippen LogP contribution in [0.3, 0.4) is 0 Å². The van der Waals surface area contributed by atoms with Crippen molar-refractivity contribution >= 4 is 0 Å². The van der Waals surface area contributed by atoms with Crippen molar-refractivity contribution in [2.75, 3.05) is 20.2 Å². The number of ether oxygens (including phenoxy) is 1. The van der Waals surface area contributed by atoms with E-state index in [1.165, 1.54) is 49.9 Å². The molecule has 2 aliphatic rings. The first kappa shape index (κ1) is 13.9. The van der Waals surface area contributed by atoms with Crippen LogP contribution >= 0.6 is 0 Å². The molecule has 3 nitrogen and oxygen atoms in total. The first-order chi connectivity index (χ1) is 9.71. The van der Waals surface area contributed by atoms with Gasteiger partial charge in [-0.3, -0.25) is 4.90 Å². The summed E-state index contributed by atoms with van der Waals surface area (Å²) in [6.45, 7) is 3.41. The maximum atomic E-state index is 6.46. The predicted octanol–water partition coefficient (Wildman–Crippen LogP) is 3.02. The van der Waals surface area contributed by atoms with Crippen LogP contribution in [0.15, 0.2) is 18.2 Å². The minimum atomic E-state index is -0.0804. The van der Waals surface area contributed by atoms with Crippen LogP contribution in [0.4, 0.5) is 0 Å². The summed E-state index contributed by atoms with van der Waals surface area (Å²) in [5, 5.41) is 0. The van der Waals surface area contributed by atoms with Crippen molar-refractivity contribution < 1.29 is 4.74 Å². The second-order valence-electron chi connectivity index (χ2n) is 6.37. The minimum absolute atomic E-state index is 0.0804. The Morgan fingerprint density at radius 1 is 1.15 bits per heavy atom. The Morgan fingerprint density at radius 2 is 1.90 bits per heavy atom. The van der Waals surface area contributed by atoms with Crippen LogP contribution in [0, 0.1) is 0 Å². The number of likely N-dealkylation sites (tertiary alicyclic amines) is 1. The van der Waals surface area contributed by atoms with Gasteiger partial charge in [0.15, 0.2) is 0 Å². The molecule has 1 aliphatic carbocycles. The van der Waals surface area contributed by atoms with Gasteiger partial charge in [0.25, 0.3) is 0 Å². The van der Waals surface area contributed by atoms with Crippen LogP contribution in [0.5, 0.6) is 5.75 Å². The van der Waals surface area contributed by atoms with Crippen LogP contribution in [0.2, 0.25) is 0 Å². The Labute approximate surface area is 122 Å². The first-order valence-electron chi connectivity index (χ1n) is 7.90. The van der Waals surface area contributed by atoms with E-state index in [4.69, 9.17) is 10.5 Å². The molecule has 1 saturated carbocycles. The number of methoxy groups -OCH3 is 1. The molecule has 0 unspecified atom stereocenters. The fourth-order valence-electron chi connectivity index (χ4n) is 3.42. The fourth-order valence-corrected chi connectivity index (χ4v) is 3.42. The molecule has 3 rings (SSSR count). The van der Waals surface area contributed by atoms with Crippen molar-refractivity contribution in [3.05, 3.63) is 29.3 Å². The Hall–Kier alpha value is -1.06. The highest BCUT2D eigenvalue weighted by Crippen LogP contribution is 2.40. The van der Waals surface area contributed by atoms with Crippen LogP contribution in [0.1, 0.15) is 49.7 Å². The zero-order valence-electron chi connectivity index (χ0n) is 12.5. The highest BCUT2D eigenvalue weighted by Gasteiger charge is 2.34. The summed E-state index contributed by atoms with van der Waals surface area (Å²) in [6, 6.07) is 6.53. The third kappa shape index (κ3) is 2.70. The van der Waals surface area contributed by atoms with E-state index in [0.29, 0.717) is 0 Å². The molecular formula is C17H26N2O. The second-order valence-corrected chi connectivity index (χ2v) is 6.37. The van der Waals surface area contributed by atoms with Gasteiger partial charge in [0, 0.05) is 17.6 Å². The molecule has 1 aromatic rings. The number of rotatable bonds is 4. The van der Waals surface area contributed by atoms with Gasteiger partial charge < -0.3 is 10.5 Å². The first-order valence-corrected chi connectivity index (χ1v) is 7.90. The van der Waals surface area contributed by atoms with Crippen LogP contribution in [-0.4, -0.2) is 25.1 Å². The molecule has 0 spiro atoms. The lowest BCUT2D eigenvalue weighted by molar-refractivity contribution is 0.217. The summed E-state index contributed by atoms with van der Waals surface area (Å²) in [6.07, 6.45) is 7.50. The summed E-state index contributed by atoms with van der Waals surface area (Å²) >= 11 is 0. The molecule has 1 aromatic carbocycles. The van der Waals surface area contributed by atoms with E-state index in [9.17, 15) is 0 Å². The molecule has 1 aliphatic heterocycles. The maximum Gasteiger partial charge on any atom is 0.123 e. The van der Waals surface area contributed by atoms with E-state index in [0.717, 1.165) is 25.1 Å². The fraction of sp³-hybridized carbons (Fsp3) is 0.647. The molecule has 0 radical (unpaired) electrons. The molecule has 3 heteroatoms. The third-order valence-electron chi connectivity index (χ3n) is 4.94. The van der Waals surface area contributed by atoms with E-state index < -0.39 is 0 Å². The van der Waals surface area contributed by atoms with Crippen LogP contribution in [-0.2, 0) is 12.1 Å². The van der Waals surface area contributed by atoms with Gasteiger partial charge in [-0.1, -0.05) is 12.5 Å². The van der Waals surface area contributed by atoms with Crippen LogP contribution in [0.25, 0.3) is 0 Å². The van der Waals surface area contributed by atoms with Gasteiger partial charge in [-0.2, -0.15) is 0 Å². The molecule has 1 saturated heterocycles. The van der Waals surface area contributed by atoms with Gasteiger partial charge in [-0.15, -0.1) is 0 Å². The largest absolute Gasteiger partial charge is 0.496 e. The Balaban J connectivity index is 1.81. The average Bonchev–Trinajstić information content (AvgIpc) is 2.46. The van der Waals surface area contributed by atoms with Gasteiger partial charge in [0.2, 0.25) is 0 Å². The maximum absolute atomic E-state index is 6.46. The number of hydrogen-bond acceptors (Lipinski definition) is 3. The third-order valence-corrected chi connectivity index (χ3v) is 4.94. The Kier molecular flexibility index (Phi) is 3.99. The van der Waals surface area contributed by atoms with Crippen molar-refractivity contribution in [2.45, 2.75) is 50.6 Å². The number of nitrogens with zero attached hydrogens (tertiary/aromatic N) is 1. The van der Waals surface area contributed by atoms with E-state index in [1.54, 1.807) is 7.11 Å². The summed E-state index contributed by atoms with van der Waals surface area (Å²) in [5.41, 5.74) is 8.97. The molecule has 0 atom stereocenters. The Morgan fingerprint density at radius 3 is 2.50 bits per heavy atom. The molecule has 0 aromatic heterocycles. The van der Waals surface area contributed by atoms with Gasteiger partial charge in [0.05, 0.1) is 7.11 Å². The monoisotopic (exact) mass is 274 g/mol. The molecule has 110 valence electrons. The van der Waals surface area contributed by atoms with Crippen molar-refractivity contribution in [2.24, 2.45) is 5.73 Å². The highest BCUT2D eigenvalue weighted by molar-refractivity contribution is 5.40. The molecule has 2 N–H and O–H groups in total. The van der Waals surface area contributed by atoms with E-state index >= 15 is 0 Å². The molecule has 1 heterocycles. The highest BCUT2D eigenvalue weighted by atomic mass is 16.5. The van der Waals surface area contributed by atoms with Crippen molar-refractivity contribution in [3.63, 3.8) is 0 Å². The lowest BCUT2D eigenvalue weighted by atomic mass is 9.72. The van der Waals surface area contributed by atoms with E-state index in [2.05, 4.69) is 23.1 Å². The van der Waals surface area contributed by atoms with Crippen molar-refractivity contribution in [1.82, 2.24) is 4.90 Å². The average molecular weight is 274 g/mol. The molecule has 0 bridgehead atoms. The normalized spacial score (nSPS) is 22.3. The smallest absolute Gasteiger partial charge is 0.123 e. The van der Waals surface area contributed by atoms with E-state index in [1.807, 2.05) is 0 Å². The summed E-state index contributed by atoms with van der Waals surface area (Å²) in [4.78, 5) is 2.54. The van der Waals surface area contributed by atoms with E-state index in [-0.39, 0.29) is 5.54 Å². The molecule has 20 heavy (non-hydrogen) atoms. The van der Waals surface area contributed by atoms with Crippen LogP contribution < -0.4 is 10.5 Å². The summed E-state index contributed by atoms with van der Waals surface area (Å²) < 4.78 is 5.54. The molecule has 2 fully saturated rings. The predicted molar refractivity (Wildman–Crippen MR) is 81.8 cm³/mol. The quantitative estimate of drug-likeness (QED) is 0.917. The number of benzene rings is 1. The number of hydrogen-bond donors (Lipinski definition) is 1. The van der Waals surface area contributed by atoms with Gasteiger partial charge in [-0.25, -0.2) is 0 Å². The topological polar surface area (TPSA) is 38.5 Å².